The van der Waals surface area contributed by atoms with E-state index in [0.717, 1.165) is 6.42 Å². The molecule has 0 spiro atoms. The summed E-state index contributed by atoms with van der Waals surface area (Å²) in [7, 11) is 1.84. The molecule has 0 saturated heterocycles. The largest absolute Gasteiger partial charge is 0.372 e. The highest BCUT2D eigenvalue weighted by molar-refractivity contribution is 6.33. The van der Waals surface area contributed by atoms with Crippen molar-refractivity contribution in [3.8, 4) is 5.69 Å². The smallest absolute Gasteiger partial charge is 0.292 e. The van der Waals surface area contributed by atoms with Gasteiger partial charge in [0.2, 0.25) is 5.91 Å². The van der Waals surface area contributed by atoms with Crippen molar-refractivity contribution in [3.63, 3.8) is 0 Å². The Morgan fingerprint density at radius 2 is 2.04 bits per heavy atom. The van der Waals surface area contributed by atoms with Crippen molar-refractivity contribution >= 4 is 23.2 Å². The predicted octanol–water partition coefficient (Wildman–Crippen LogP) is 1.85. The average Bonchev–Trinajstić information content (AvgIpc) is 2.54. The summed E-state index contributed by atoms with van der Waals surface area (Å²) < 4.78 is 1.27. The summed E-state index contributed by atoms with van der Waals surface area (Å²) in [6, 6.07) is 9.12. The van der Waals surface area contributed by atoms with Crippen LogP contribution in [0.5, 0.6) is 0 Å². The second-order valence-electron chi connectivity index (χ2n) is 5.15. The Morgan fingerprint density at radius 3 is 2.70 bits per heavy atom. The number of rotatable bonds is 6. The molecule has 0 fully saturated rings. The van der Waals surface area contributed by atoms with Gasteiger partial charge in [-0.15, -0.1) is 0 Å². The number of aromatic nitrogens is 2. The second-order valence-corrected chi connectivity index (χ2v) is 5.53. The molecule has 0 aliphatic carbocycles. The standard InChI is InChI=1S/C16H19ClN4O2/c1-12(22)18-9-6-10-20(2)14-11-19-21(16(23)15(14)17)13-7-4-3-5-8-13/h3-5,7-8,11H,6,9-10H2,1-2H3,(H,18,22). The molecule has 1 heterocycles. The molecule has 1 aromatic heterocycles. The number of carbonyl (C=O) groups excluding carboxylic acids is 1. The van der Waals surface area contributed by atoms with Crippen LogP contribution in [0.1, 0.15) is 13.3 Å². The molecule has 1 N–H and O–H groups in total. The monoisotopic (exact) mass is 334 g/mol. The molecule has 0 radical (unpaired) electrons. The van der Waals surface area contributed by atoms with E-state index in [1.165, 1.54) is 11.6 Å². The molecule has 1 amide bonds. The van der Waals surface area contributed by atoms with Gasteiger partial charge in [0, 0.05) is 27.1 Å². The van der Waals surface area contributed by atoms with Gasteiger partial charge in [0.25, 0.3) is 5.56 Å². The van der Waals surface area contributed by atoms with Gasteiger partial charge in [-0.2, -0.15) is 9.78 Å². The first-order valence-electron chi connectivity index (χ1n) is 7.29. The number of nitrogens with one attached hydrogen (secondary N) is 1. The number of anilines is 1. The molecule has 0 aliphatic rings. The van der Waals surface area contributed by atoms with E-state index in [9.17, 15) is 9.59 Å². The van der Waals surface area contributed by atoms with Gasteiger partial charge in [0.15, 0.2) is 0 Å². The summed E-state index contributed by atoms with van der Waals surface area (Å²) in [5.41, 5.74) is 0.884. The van der Waals surface area contributed by atoms with Crippen molar-refractivity contribution in [1.29, 1.82) is 0 Å². The predicted molar refractivity (Wildman–Crippen MR) is 91.4 cm³/mol. The van der Waals surface area contributed by atoms with Gasteiger partial charge in [-0.05, 0) is 18.6 Å². The van der Waals surface area contributed by atoms with E-state index in [0.29, 0.717) is 24.5 Å². The Hall–Kier alpha value is -2.34. The lowest BCUT2D eigenvalue weighted by Crippen LogP contribution is -2.29. The summed E-state index contributed by atoms with van der Waals surface area (Å²) in [5.74, 6) is -0.0576. The van der Waals surface area contributed by atoms with Crippen molar-refractivity contribution in [3.05, 3.63) is 51.9 Å². The number of para-hydroxylation sites is 1. The normalized spacial score (nSPS) is 10.4. The maximum atomic E-state index is 12.4. The number of benzene rings is 1. The van der Waals surface area contributed by atoms with E-state index in [1.54, 1.807) is 18.3 Å². The molecule has 0 aliphatic heterocycles. The molecule has 7 heteroatoms. The third kappa shape index (κ3) is 4.32. The zero-order valence-electron chi connectivity index (χ0n) is 13.1. The topological polar surface area (TPSA) is 67.2 Å². The van der Waals surface area contributed by atoms with Crippen molar-refractivity contribution in [1.82, 2.24) is 15.1 Å². The van der Waals surface area contributed by atoms with Crippen LogP contribution in [0.2, 0.25) is 5.02 Å². The third-order valence-electron chi connectivity index (χ3n) is 3.36. The summed E-state index contributed by atoms with van der Waals surface area (Å²) in [6.07, 6.45) is 2.32. The van der Waals surface area contributed by atoms with Crippen molar-refractivity contribution in [2.45, 2.75) is 13.3 Å². The van der Waals surface area contributed by atoms with Crippen LogP contribution in [0.25, 0.3) is 5.69 Å². The maximum absolute atomic E-state index is 12.4. The van der Waals surface area contributed by atoms with Crippen LogP contribution in [0.3, 0.4) is 0 Å². The Kier molecular flexibility index (Phi) is 5.76. The Bertz CT molecular complexity index is 731. The number of nitrogens with zero attached hydrogens (tertiary/aromatic N) is 3. The molecular weight excluding hydrogens is 316 g/mol. The first-order valence-corrected chi connectivity index (χ1v) is 7.67. The van der Waals surface area contributed by atoms with E-state index in [2.05, 4.69) is 10.4 Å². The summed E-state index contributed by atoms with van der Waals surface area (Å²) in [4.78, 5) is 25.1. The van der Waals surface area contributed by atoms with Crippen LogP contribution < -0.4 is 15.8 Å². The van der Waals surface area contributed by atoms with Crippen molar-refractivity contribution in [2.24, 2.45) is 0 Å². The highest BCUT2D eigenvalue weighted by Gasteiger charge is 2.13. The molecule has 2 rings (SSSR count). The molecular formula is C16H19ClN4O2. The van der Waals surface area contributed by atoms with Crippen LogP contribution in [-0.4, -0.2) is 35.8 Å². The van der Waals surface area contributed by atoms with E-state index in [1.807, 2.05) is 30.1 Å². The zero-order chi connectivity index (χ0) is 16.8. The molecule has 0 unspecified atom stereocenters. The zero-order valence-corrected chi connectivity index (χ0v) is 13.9. The second kappa shape index (κ2) is 7.78. The Morgan fingerprint density at radius 1 is 1.35 bits per heavy atom. The van der Waals surface area contributed by atoms with Crippen molar-refractivity contribution in [2.75, 3.05) is 25.0 Å². The lowest BCUT2D eigenvalue weighted by Gasteiger charge is -2.20. The van der Waals surface area contributed by atoms with Gasteiger partial charge in [0.1, 0.15) is 5.02 Å². The fourth-order valence-corrected chi connectivity index (χ4v) is 2.42. The molecule has 23 heavy (non-hydrogen) atoms. The lowest BCUT2D eigenvalue weighted by molar-refractivity contribution is -0.118. The highest BCUT2D eigenvalue weighted by atomic mass is 35.5. The van der Waals surface area contributed by atoms with Crippen LogP contribution in [0.4, 0.5) is 5.69 Å². The third-order valence-corrected chi connectivity index (χ3v) is 3.71. The fraction of sp³-hybridized carbons (Fsp3) is 0.312. The quantitative estimate of drug-likeness (QED) is 0.819. The fourth-order valence-electron chi connectivity index (χ4n) is 2.14. The minimum atomic E-state index is -0.357. The van der Waals surface area contributed by atoms with E-state index >= 15 is 0 Å². The van der Waals surface area contributed by atoms with E-state index < -0.39 is 0 Å². The SMILES string of the molecule is CC(=O)NCCCN(C)c1cnn(-c2ccccc2)c(=O)c1Cl. The Balaban J connectivity index is 2.14. The molecule has 0 atom stereocenters. The number of carbonyl (C=O) groups is 1. The number of halogens is 1. The van der Waals surface area contributed by atoms with E-state index in [4.69, 9.17) is 11.6 Å². The number of hydrogen-bond acceptors (Lipinski definition) is 4. The summed E-state index contributed by atoms with van der Waals surface area (Å²) in [5, 5.41) is 7.05. The summed E-state index contributed by atoms with van der Waals surface area (Å²) >= 11 is 6.22. The highest BCUT2D eigenvalue weighted by Crippen LogP contribution is 2.20. The lowest BCUT2D eigenvalue weighted by atomic mass is 10.3. The van der Waals surface area contributed by atoms with E-state index in [-0.39, 0.29) is 16.5 Å². The van der Waals surface area contributed by atoms with Crippen LogP contribution in [0, 0.1) is 0 Å². The van der Waals surface area contributed by atoms with Gasteiger partial charge in [-0.1, -0.05) is 29.8 Å². The maximum Gasteiger partial charge on any atom is 0.292 e. The Labute approximate surface area is 139 Å². The van der Waals surface area contributed by atoms with Gasteiger partial charge in [0.05, 0.1) is 17.6 Å². The van der Waals surface area contributed by atoms with Crippen LogP contribution in [0.15, 0.2) is 41.3 Å². The average molecular weight is 335 g/mol. The molecule has 6 nitrogen and oxygen atoms in total. The number of amides is 1. The first-order chi connectivity index (χ1) is 11.0. The molecule has 2 aromatic rings. The van der Waals surface area contributed by atoms with Gasteiger partial charge < -0.3 is 10.2 Å². The minimum absolute atomic E-state index is 0.0576. The molecule has 1 aromatic carbocycles. The molecule has 0 bridgehead atoms. The number of hydrogen-bond donors (Lipinski definition) is 1. The van der Waals surface area contributed by atoms with Crippen LogP contribution in [-0.2, 0) is 4.79 Å². The molecule has 0 saturated carbocycles. The summed E-state index contributed by atoms with van der Waals surface area (Å²) in [6.45, 7) is 2.70. The van der Waals surface area contributed by atoms with Crippen LogP contribution >= 0.6 is 11.6 Å². The molecule has 122 valence electrons. The van der Waals surface area contributed by atoms with Crippen molar-refractivity contribution < 1.29 is 4.79 Å². The van der Waals surface area contributed by atoms with Gasteiger partial charge in [-0.3, -0.25) is 9.59 Å². The first kappa shape index (κ1) is 17.0. The van der Waals surface area contributed by atoms with Gasteiger partial charge >= 0.3 is 0 Å². The minimum Gasteiger partial charge on any atom is -0.372 e. The van der Waals surface area contributed by atoms with Gasteiger partial charge in [-0.25, -0.2) is 0 Å².